The number of anilines is 1. The van der Waals surface area contributed by atoms with E-state index in [2.05, 4.69) is 15.5 Å². The number of nitro groups is 1. The fourth-order valence-electron chi connectivity index (χ4n) is 2.98. The minimum Gasteiger partial charge on any atom is -0.308 e. The van der Waals surface area contributed by atoms with Gasteiger partial charge < -0.3 is 5.32 Å². The Hall–Kier alpha value is -2.62. The van der Waals surface area contributed by atoms with E-state index in [1.165, 1.54) is 9.36 Å². The van der Waals surface area contributed by atoms with Gasteiger partial charge in [-0.05, 0) is 26.0 Å². The summed E-state index contributed by atoms with van der Waals surface area (Å²) < 4.78 is 2.96. The highest BCUT2D eigenvalue weighted by Crippen LogP contribution is 2.27. The van der Waals surface area contributed by atoms with Crippen LogP contribution in [-0.2, 0) is 17.9 Å². The molecule has 0 aliphatic carbocycles. The molecule has 0 unspecified atom stereocenters. The van der Waals surface area contributed by atoms with Crippen LogP contribution in [0.4, 0.5) is 11.5 Å². The molecule has 0 fully saturated rings. The van der Waals surface area contributed by atoms with E-state index in [0.29, 0.717) is 27.0 Å². The molecule has 0 saturated heterocycles. The van der Waals surface area contributed by atoms with Crippen molar-refractivity contribution < 1.29 is 9.72 Å². The molecule has 0 aliphatic rings. The molecular formula is C18H17Cl3N6O3. The van der Waals surface area contributed by atoms with Crippen LogP contribution < -0.4 is 5.32 Å². The molecule has 12 heteroatoms. The lowest BCUT2D eigenvalue weighted by molar-refractivity contribution is -0.386. The lowest BCUT2D eigenvalue weighted by Crippen LogP contribution is -2.16. The molecule has 2 aromatic heterocycles. The lowest BCUT2D eigenvalue weighted by Gasteiger charge is -2.07. The second kappa shape index (κ2) is 9.03. The molecular weight excluding hydrogens is 455 g/mol. The van der Waals surface area contributed by atoms with Crippen molar-refractivity contribution in [1.29, 1.82) is 0 Å². The van der Waals surface area contributed by atoms with Gasteiger partial charge in [0.15, 0.2) is 5.82 Å². The maximum atomic E-state index is 12.3. The van der Waals surface area contributed by atoms with Crippen molar-refractivity contribution in [2.75, 3.05) is 5.32 Å². The molecule has 0 bridgehead atoms. The van der Waals surface area contributed by atoms with Crippen molar-refractivity contribution in [3.63, 3.8) is 0 Å². The third kappa shape index (κ3) is 4.75. The van der Waals surface area contributed by atoms with Crippen molar-refractivity contribution >= 4 is 52.2 Å². The zero-order chi connectivity index (χ0) is 22.0. The van der Waals surface area contributed by atoms with Crippen LogP contribution in [0.1, 0.15) is 23.4 Å². The van der Waals surface area contributed by atoms with Gasteiger partial charge in [-0.3, -0.25) is 24.3 Å². The summed E-state index contributed by atoms with van der Waals surface area (Å²) in [6, 6.07) is 5.19. The second-order valence-electron chi connectivity index (χ2n) is 6.52. The molecule has 0 atom stereocenters. The van der Waals surface area contributed by atoms with E-state index in [0.717, 1.165) is 0 Å². The van der Waals surface area contributed by atoms with Gasteiger partial charge in [0.25, 0.3) is 0 Å². The van der Waals surface area contributed by atoms with Crippen LogP contribution in [0.2, 0.25) is 15.1 Å². The van der Waals surface area contributed by atoms with Gasteiger partial charge in [0.1, 0.15) is 16.4 Å². The van der Waals surface area contributed by atoms with Crippen LogP contribution in [0.5, 0.6) is 0 Å². The number of nitrogens with zero attached hydrogens (tertiary/aromatic N) is 5. The summed E-state index contributed by atoms with van der Waals surface area (Å²) in [5.74, 6) is -0.155. The Balaban J connectivity index is 1.65. The standard InChI is InChI=1S/C18H17Cl3N6O3/c1-10-17(27(29)30)11(2)26(23-10)7-6-16(28)22-18-15(21)9-25(24-18)8-12-13(19)4-3-5-14(12)20/h3-5,9H,6-8H2,1-2H3,(H,22,24,28). The van der Waals surface area contributed by atoms with Gasteiger partial charge in [0.05, 0.1) is 18.0 Å². The predicted octanol–water partition coefficient (Wildman–Crippen LogP) is 4.64. The molecule has 0 saturated carbocycles. The van der Waals surface area contributed by atoms with E-state index in [4.69, 9.17) is 34.8 Å². The molecule has 0 radical (unpaired) electrons. The van der Waals surface area contributed by atoms with Crippen LogP contribution >= 0.6 is 34.8 Å². The first-order valence-electron chi connectivity index (χ1n) is 8.81. The minimum absolute atomic E-state index is 0.0403. The Kier molecular flexibility index (Phi) is 6.64. The molecule has 9 nitrogen and oxygen atoms in total. The Bertz CT molecular complexity index is 1100. The summed E-state index contributed by atoms with van der Waals surface area (Å²) in [6.07, 6.45) is 1.60. The monoisotopic (exact) mass is 470 g/mol. The lowest BCUT2D eigenvalue weighted by atomic mass is 10.2. The fraction of sp³-hybridized carbons (Fsp3) is 0.278. The summed E-state index contributed by atoms with van der Waals surface area (Å²) in [4.78, 5) is 22.9. The number of nitrogens with one attached hydrogen (secondary N) is 1. The van der Waals surface area contributed by atoms with Gasteiger partial charge in [-0.25, -0.2) is 0 Å². The number of amides is 1. The van der Waals surface area contributed by atoms with Crippen LogP contribution in [0.25, 0.3) is 0 Å². The SMILES string of the molecule is Cc1nn(CCC(=O)Nc2nn(Cc3c(Cl)cccc3Cl)cc2Cl)c(C)c1[N+](=O)[O-]. The molecule has 30 heavy (non-hydrogen) atoms. The summed E-state index contributed by atoms with van der Waals surface area (Å²) in [6.45, 7) is 3.61. The van der Waals surface area contributed by atoms with Gasteiger partial charge in [-0.15, -0.1) is 0 Å². The normalized spacial score (nSPS) is 11.0. The number of halogens is 3. The van der Waals surface area contributed by atoms with Crippen LogP contribution in [0.15, 0.2) is 24.4 Å². The first kappa shape index (κ1) is 22.1. The number of carbonyl (C=O) groups excluding carboxylic acids is 1. The maximum absolute atomic E-state index is 12.3. The van der Waals surface area contributed by atoms with E-state index in [9.17, 15) is 14.9 Å². The highest BCUT2D eigenvalue weighted by Gasteiger charge is 2.22. The molecule has 3 rings (SSSR count). The van der Waals surface area contributed by atoms with E-state index in [1.807, 2.05) is 0 Å². The molecule has 1 aromatic carbocycles. The van der Waals surface area contributed by atoms with E-state index >= 15 is 0 Å². The summed E-state index contributed by atoms with van der Waals surface area (Å²) >= 11 is 18.5. The van der Waals surface area contributed by atoms with Gasteiger partial charge in [-0.1, -0.05) is 40.9 Å². The van der Waals surface area contributed by atoms with Crippen molar-refractivity contribution in [3.8, 4) is 0 Å². The van der Waals surface area contributed by atoms with Crippen LogP contribution in [0.3, 0.4) is 0 Å². The second-order valence-corrected chi connectivity index (χ2v) is 7.74. The number of rotatable bonds is 7. The third-order valence-corrected chi connectivity index (χ3v) is 5.42. The van der Waals surface area contributed by atoms with Crippen molar-refractivity contribution in [2.24, 2.45) is 0 Å². The summed E-state index contributed by atoms with van der Waals surface area (Å²) in [5.41, 5.74) is 1.33. The molecule has 0 aliphatic heterocycles. The Morgan fingerprint density at radius 3 is 2.43 bits per heavy atom. The van der Waals surface area contributed by atoms with E-state index in [-0.39, 0.29) is 41.9 Å². The highest BCUT2D eigenvalue weighted by molar-refractivity contribution is 6.36. The number of benzene rings is 1. The van der Waals surface area contributed by atoms with Crippen molar-refractivity contribution in [1.82, 2.24) is 19.6 Å². The van der Waals surface area contributed by atoms with Crippen LogP contribution in [0, 0.1) is 24.0 Å². The van der Waals surface area contributed by atoms with Crippen molar-refractivity contribution in [3.05, 3.63) is 66.5 Å². The third-order valence-electron chi connectivity index (χ3n) is 4.43. The van der Waals surface area contributed by atoms with Gasteiger partial charge in [0.2, 0.25) is 5.91 Å². The number of hydrogen-bond donors (Lipinski definition) is 1. The quantitative estimate of drug-likeness (QED) is 0.399. The van der Waals surface area contributed by atoms with Gasteiger partial charge in [-0.2, -0.15) is 10.2 Å². The molecule has 3 aromatic rings. The molecule has 0 spiro atoms. The zero-order valence-electron chi connectivity index (χ0n) is 16.0. The highest BCUT2D eigenvalue weighted by atomic mass is 35.5. The Morgan fingerprint density at radius 1 is 1.17 bits per heavy atom. The van der Waals surface area contributed by atoms with Gasteiger partial charge in [0, 0.05) is 28.2 Å². The molecule has 2 heterocycles. The van der Waals surface area contributed by atoms with Crippen LogP contribution in [-0.4, -0.2) is 30.4 Å². The smallest absolute Gasteiger partial charge is 0.308 e. The largest absolute Gasteiger partial charge is 0.312 e. The van der Waals surface area contributed by atoms with E-state index in [1.54, 1.807) is 38.2 Å². The first-order chi connectivity index (χ1) is 14.2. The fourth-order valence-corrected chi connectivity index (χ4v) is 3.69. The predicted molar refractivity (Wildman–Crippen MR) is 114 cm³/mol. The number of aryl methyl sites for hydroxylation is 2. The number of aromatic nitrogens is 4. The number of hydrogen-bond acceptors (Lipinski definition) is 5. The molecule has 1 amide bonds. The first-order valence-corrected chi connectivity index (χ1v) is 9.94. The topological polar surface area (TPSA) is 108 Å². The summed E-state index contributed by atoms with van der Waals surface area (Å²) in [5, 5.41) is 23.4. The number of carbonyl (C=O) groups is 1. The van der Waals surface area contributed by atoms with E-state index < -0.39 is 4.92 Å². The Labute approximate surface area is 186 Å². The minimum atomic E-state index is -0.480. The summed E-state index contributed by atoms with van der Waals surface area (Å²) in [7, 11) is 0. The zero-order valence-corrected chi connectivity index (χ0v) is 18.3. The molecule has 1 N–H and O–H groups in total. The van der Waals surface area contributed by atoms with Gasteiger partial charge >= 0.3 is 5.69 Å². The maximum Gasteiger partial charge on any atom is 0.312 e. The van der Waals surface area contributed by atoms with Crippen molar-refractivity contribution in [2.45, 2.75) is 33.4 Å². The Morgan fingerprint density at radius 2 is 1.83 bits per heavy atom. The average molecular weight is 472 g/mol. The average Bonchev–Trinajstić information content (AvgIpc) is 3.15. The molecule has 158 valence electrons.